The first-order chi connectivity index (χ1) is 11.6. The highest BCUT2D eigenvalue weighted by atomic mass is 16.5. The summed E-state index contributed by atoms with van der Waals surface area (Å²) in [4.78, 5) is 9.42. The maximum absolute atomic E-state index is 5.24. The third-order valence-corrected chi connectivity index (χ3v) is 4.08. The predicted molar refractivity (Wildman–Crippen MR) is 99.7 cm³/mol. The summed E-state index contributed by atoms with van der Waals surface area (Å²) in [5.74, 6) is 1.08. The molecule has 0 bridgehead atoms. The third-order valence-electron chi connectivity index (χ3n) is 4.08. The monoisotopic (exact) mass is 326 g/mol. The van der Waals surface area contributed by atoms with E-state index in [9.17, 15) is 0 Å². The van der Waals surface area contributed by atoms with Crippen LogP contribution < -0.4 is 5.32 Å². The van der Waals surface area contributed by atoms with E-state index in [1.54, 1.807) is 7.11 Å². The van der Waals surface area contributed by atoms with Crippen molar-refractivity contribution in [3.63, 3.8) is 0 Å². The predicted octanol–water partition coefficient (Wildman–Crippen LogP) is 4.00. The molecule has 3 aromatic rings. The van der Waals surface area contributed by atoms with Crippen molar-refractivity contribution < 1.29 is 4.74 Å². The average molecular weight is 326 g/mol. The lowest BCUT2D eigenvalue weighted by atomic mass is 10.1. The molecule has 5 heteroatoms. The van der Waals surface area contributed by atoms with E-state index >= 15 is 0 Å². The lowest BCUT2D eigenvalue weighted by molar-refractivity contribution is 0.199. The van der Waals surface area contributed by atoms with E-state index in [0.29, 0.717) is 12.6 Å². The molecule has 0 amide bonds. The molecule has 0 saturated carbocycles. The number of hydrogen-bond acceptors (Lipinski definition) is 4. The van der Waals surface area contributed by atoms with Crippen LogP contribution in [0.4, 0.5) is 5.69 Å². The van der Waals surface area contributed by atoms with Crippen LogP contribution in [0.5, 0.6) is 0 Å². The Morgan fingerprint density at radius 1 is 1.25 bits per heavy atom. The molecule has 0 spiro atoms. The van der Waals surface area contributed by atoms with Crippen molar-refractivity contribution in [2.45, 2.75) is 46.2 Å². The quantitative estimate of drug-likeness (QED) is 0.713. The molecule has 3 rings (SSSR count). The summed E-state index contributed by atoms with van der Waals surface area (Å²) in [6, 6.07) is 6.80. The molecule has 2 heterocycles. The number of ether oxygens (including phenoxy) is 1. The normalized spacial score (nSPS) is 11.7. The number of rotatable bonds is 7. The first-order valence-electron chi connectivity index (χ1n) is 8.67. The van der Waals surface area contributed by atoms with Gasteiger partial charge in [-0.3, -0.25) is 4.98 Å². The van der Waals surface area contributed by atoms with Crippen LogP contribution in [0, 0.1) is 0 Å². The molecule has 0 aliphatic carbocycles. The summed E-state index contributed by atoms with van der Waals surface area (Å²) in [6.45, 7) is 8.11. The van der Waals surface area contributed by atoms with Crippen molar-refractivity contribution in [3.8, 4) is 0 Å². The molecule has 0 radical (unpaired) electrons. The highest BCUT2D eigenvalue weighted by molar-refractivity contribution is 6.03. The molecule has 5 nitrogen and oxygen atoms in total. The number of aryl methyl sites for hydroxylation is 1. The van der Waals surface area contributed by atoms with Crippen LogP contribution in [0.25, 0.3) is 21.9 Å². The lowest BCUT2D eigenvalue weighted by Gasteiger charge is -2.12. The molecule has 2 aromatic heterocycles. The number of benzene rings is 1. The van der Waals surface area contributed by atoms with Crippen molar-refractivity contribution >= 4 is 27.6 Å². The van der Waals surface area contributed by atoms with Gasteiger partial charge >= 0.3 is 0 Å². The second kappa shape index (κ2) is 7.18. The number of anilines is 1. The number of methoxy groups -OCH3 is 1. The number of pyridine rings is 1. The molecule has 1 aromatic carbocycles. The SMILES string of the molecule is CCCn1c(CCOC)nc2cnc3cc(NC(C)C)ccc3c21. The summed E-state index contributed by atoms with van der Waals surface area (Å²) in [6.07, 6.45) is 3.78. The maximum Gasteiger partial charge on any atom is 0.112 e. The van der Waals surface area contributed by atoms with Gasteiger partial charge in [-0.25, -0.2) is 4.98 Å². The average Bonchev–Trinajstić information content (AvgIpc) is 2.90. The molecular formula is C19H26N4O. The molecule has 0 fully saturated rings. The molecule has 0 aliphatic rings. The zero-order valence-corrected chi connectivity index (χ0v) is 15.0. The number of imidazole rings is 1. The first kappa shape index (κ1) is 16.7. The Bertz CT molecular complexity index is 838. The minimum atomic E-state index is 0.400. The second-order valence-corrected chi connectivity index (χ2v) is 6.45. The summed E-state index contributed by atoms with van der Waals surface area (Å²) in [7, 11) is 1.73. The van der Waals surface area contributed by atoms with Crippen molar-refractivity contribution in [2.75, 3.05) is 19.0 Å². The van der Waals surface area contributed by atoms with Gasteiger partial charge < -0.3 is 14.6 Å². The van der Waals surface area contributed by atoms with Crippen molar-refractivity contribution in [2.24, 2.45) is 0 Å². The van der Waals surface area contributed by atoms with Gasteiger partial charge in [0.15, 0.2) is 0 Å². The van der Waals surface area contributed by atoms with Crippen LogP contribution in [-0.2, 0) is 17.7 Å². The Morgan fingerprint density at radius 2 is 2.08 bits per heavy atom. The Hall–Kier alpha value is -2.14. The largest absolute Gasteiger partial charge is 0.384 e. The summed E-state index contributed by atoms with van der Waals surface area (Å²) in [5, 5.41) is 4.60. The fraction of sp³-hybridized carbons (Fsp3) is 0.474. The van der Waals surface area contributed by atoms with Gasteiger partial charge in [0, 0.05) is 37.2 Å². The van der Waals surface area contributed by atoms with Crippen LogP contribution in [-0.4, -0.2) is 34.3 Å². The molecule has 0 aliphatic heterocycles. The number of nitrogens with zero attached hydrogens (tertiary/aromatic N) is 3. The fourth-order valence-electron chi connectivity index (χ4n) is 3.13. The molecular weight excluding hydrogens is 300 g/mol. The van der Waals surface area contributed by atoms with E-state index in [1.165, 1.54) is 5.52 Å². The van der Waals surface area contributed by atoms with Gasteiger partial charge in [0.1, 0.15) is 11.3 Å². The van der Waals surface area contributed by atoms with E-state index in [2.05, 4.69) is 53.8 Å². The summed E-state index contributed by atoms with van der Waals surface area (Å²) < 4.78 is 7.57. The Morgan fingerprint density at radius 3 is 2.79 bits per heavy atom. The molecule has 0 saturated heterocycles. The van der Waals surface area contributed by atoms with Gasteiger partial charge in [-0.2, -0.15) is 0 Å². The minimum Gasteiger partial charge on any atom is -0.384 e. The summed E-state index contributed by atoms with van der Waals surface area (Å²) in [5.41, 5.74) is 4.25. The number of aromatic nitrogens is 3. The molecule has 24 heavy (non-hydrogen) atoms. The number of nitrogens with one attached hydrogen (secondary N) is 1. The highest BCUT2D eigenvalue weighted by Gasteiger charge is 2.14. The van der Waals surface area contributed by atoms with E-state index in [1.807, 2.05) is 6.20 Å². The number of fused-ring (bicyclic) bond motifs is 3. The smallest absolute Gasteiger partial charge is 0.112 e. The van der Waals surface area contributed by atoms with Crippen LogP contribution in [0.15, 0.2) is 24.4 Å². The minimum absolute atomic E-state index is 0.400. The van der Waals surface area contributed by atoms with Gasteiger partial charge in [0.05, 0.1) is 23.8 Å². The van der Waals surface area contributed by atoms with Gasteiger partial charge in [0.2, 0.25) is 0 Å². The van der Waals surface area contributed by atoms with Gasteiger partial charge in [-0.1, -0.05) is 6.92 Å². The van der Waals surface area contributed by atoms with E-state index in [-0.39, 0.29) is 0 Å². The lowest BCUT2D eigenvalue weighted by Crippen LogP contribution is -2.09. The van der Waals surface area contributed by atoms with Crippen LogP contribution in [0.3, 0.4) is 0 Å². The van der Waals surface area contributed by atoms with Gasteiger partial charge in [-0.15, -0.1) is 0 Å². The van der Waals surface area contributed by atoms with Crippen LogP contribution in [0.1, 0.15) is 33.0 Å². The summed E-state index contributed by atoms with van der Waals surface area (Å²) >= 11 is 0. The zero-order chi connectivity index (χ0) is 17.1. The third kappa shape index (κ3) is 3.22. The second-order valence-electron chi connectivity index (χ2n) is 6.45. The van der Waals surface area contributed by atoms with Crippen LogP contribution in [0.2, 0.25) is 0 Å². The van der Waals surface area contributed by atoms with Crippen molar-refractivity contribution in [1.29, 1.82) is 0 Å². The van der Waals surface area contributed by atoms with Crippen molar-refractivity contribution in [3.05, 3.63) is 30.2 Å². The Labute approximate surface area is 143 Å². The number of hydrogen-bond donors (Lipinski definition) is 1. The van der Waals surface area contributed by atoms with E-state index < -0.39 is 0 Å². The van der Waals surface area contributed by atoms with Crippen LogP contribution >= 0.6 is 0 Å². The van der Waals surface area contributed by atoms with E-state index in [0.717, 1.165) is 47.3 Å². The topological polar surface area (TPSA) is 52.0 Å². The van der Waals surface area contributed by atoms with Gasteiger partial charge in [0.25, 0.3) is 0 Å². The van der Waals surface area contributed by atoms with Gasteiger partial charge in [-0.05, 0) is 38.5 Å². The molecule has 1 N–H and O–H groups in total. The Kier molecular flexibility index (Phi) is 5.00. The zero-order valence-electron chi connectivity index (χ0n) is 15.0. The molecule has 0 atom stereocenters. The van der Waals surface area contributed by atoms with Crippen molar-refractivity contribution in [1.82, 2.24) is 14.5 Å². The molecule has 128 valence electrons. The standard InChI is InChI=1S/C19H26N4O/c1-5-9-23-18(8-10-24-4)22-17-12-20-16-11-14(21-13(2)3)6-7-15(16)19(17)23/h6-7,11-13,21H,5,8-10H2,1-4H3. The highest BCUT2D eigenvalue weighted by Crippen LogP contribution is 2.27. The fourth-order valence-corrected chi connectivity index (χ4v) is 3.13. The Balaban J connectivity index is 2.15. The molecule has 0 unspecified atom stereocenters. The maximum atomic E-state index is 5.24. The first-order valence-corrected chi connectivity index (χ1v) is 8.67. The van der Waals surface area contributed by atoms with E-state index in [4.69, 9.17) is 9.72 Å².